The molecule has 0 atom stereocenters. The summed E-state index contributed by atoms with van der Waals surface area (Å²) in [5, 5.41) is 13.1. The molecule has 1 aromatic heterocycles. The second-order valence-corrected chi connectivity index (χ2v) is 3.81. The topological polar surface area (TPSA) is 54.2 Å². The lowest BCUT2D eigenvalue weighted by Gasteiger charge is -2.19. The molecule has 0 aromatic carbocycles. The van der Waals surface area contributed by atoms with Crippen molar-refractivity contribution in [1.82, 2.24) is 19.7 Å². The van der Waals surface area contributed by atoms with Gasteiger partial charge in [0, 0.05) is 12.6 Å². The van der Waals surface area contributed by atoms with E-state index in [0.29, 0.717) is 12.6 Å². The Labute approximate surface area is 90.7 Å². The van der Waals surface area contributed by atoms with Gasteiger partial charge in [-0.3, -0.25) is 4.90 Å². The quantitative estimate of drug-likeness (QED) is 0.753. The molecule has 5 heteroatoms. The predicted molar refractivity (Wildman–Crippen MR) is 58.4 cm³/mol. The number of rotatable bonds is 6. The Bertz CT molecular complexity index is 285. The van der Waals surface area contributed by atoms with Gasteiger partial charge in [0.05, 0.1) is 13.2 Å². The first-order valence-electron chi connectivity index (χ1n) is 5.40. The van der Waals surface area contributed by atoms with Crippen LogP contribution in [0.3, 0.4) is 0 Å². The molecular formula is C10H20N4O. The zero-order chi connectivity index (χ0) is 11.3. The summed E-state index contributed by atoms with van der Waals surface area (Å²) in [6.45, 7) is 8.76. The highest BCUT2D eigenvalue weighted by atomic mass is 16.3. The molecule has 1 heterocycles. The van der Waals surface area contributed by atoms with E-state index in [4.69, 9.17) is 5.11 Å². The lowest BCUT2D eigenvalue weighted by atomic mass is 10.4. The van der Waals surface area contributed by atoms with Crippen LogP contribution in [0.1, 0.15) is 32.6 Å². The van der Waals surface area contributed by atoms with E-state index < -0.39 is 0 Å². The molecule has 0 aliphatic carbocycles. The van der Waals surface area contributed by atoms with E-state index in [1.807, 2.05) is 4.68 Å². The minimum Gasteiger partial charge on any atom is -0.395 e. The van der Waals surface area contributed by atoms with E-state index in [1.165, 1.54) is 0 Å². The number of hydrogen-bond donors (Lipinski definition) is 1. The third kappa shape index (κ3) is 3.28. The van der Waals surface area contributed by atoms with Crippen LogP contribution in [-0.4, -0.2) is 44.5 Å². The summed E-state index contributed by atoms with van der Waals surface area (Å²) in [6.07, 6.45) is 1.59. The predicted octanol–water partition coefficient (Wildman–Crippen LogP) is 0.673. The third-order valence-electron chi connectivity index (χ3n) is 2.36. The van der Waals surface area contributed by atoms with E-state index in [0.717, 1.165) is 18.9 Å². The van der Waals surface area contributed by atoms with E-state index in [2.05, 4.69) is 35.8 Å². The largest absolute Gasteiger partial charge is 0.395 e. The Kier molecular flexibility index (Phi) is 4.71. The maximum Gasteiger partial charge on any atom is 0.141 e. The molecule has 0 unspecified atom stereocenters. The number of likely N-dealkylation sites (N-methyl/N-ethyl adjacent to an activating group) is 1. The Hall–Kier alpha value is -0.940. The molecule has 0 saturated carbocycles. The van der Waals surface area contributed by atoms with Gasteiger partial charge < -0.3 is 5.11 Å². The highest BCUT2D eigenvalue weighted by Crippen LogP contribution is 2.07. The molecule has 1 aromatic rings. The summed E-state index contributed by atoms with van der Waals surface area (Å²) < 4.78 is 1.92. The minimum absolute atomic E-state index is 0.184. The smallest absolute Gasteiger partial charge is 0.141 e. The van der Waals surface area contributed by atoms with Gasteiger partial charge in [-0.25, -0.2) is 9.67 Å². The molecular weight excluding hydrogens is 192 g/mol. The second kappa shape index (κ2) is 5.82. The van der Waals surface area contributed by atoms with E-state index >= 15 is 0 Å². The normalized spacial score (nSPS) is 11.6. The van der Waals surface area contributed by atoms with Crippen LogP contribution in [0.25, 0.3) is 0 Å². The molecule has 15 heavy (non-hydrogen) atoms. The Balaban J connectivity index is 2.65. The summed E-state index contributed by atoms with van der Waals surface area (Å²) in [5.74, 6) is 0.959. The van der Waals surface area contributed by atoms with Gasteiger partial charge >= 0.3 is 0 Å². The van der Waals surface area contributed by atoms with Gasteiger partial charge in [0.15, 0.2) is 0 Å². The maximum atomic E-state index is 8.89. The standard InChI is InChI=1S/C10H20N4O/c1-4-13(5-6-15)7-10-11-8-12-14(10)9(2)3/h8-9,15H,4-7H2,1-3H3. The van der Waals surface area contributed by atoms with Crippen LogP contribution in [-0.2, 0) is 6.54 Å². The summed E-state index contributed by atoms with van der Waals surface area (Å²) in [7, 11) is 0. The molecule has 0 amide bonds. The van der Waals surface area contributed by atoms with Crippen molar-refractivity contribution in [3.05, 3.63) is 12.2 Å². The first-order valence-corrected chi connectivity index (χ1v) is 5.40. The summed E-state index contributed by atoms with van der Waals surface area (Å²) in [6, 6.07) is 0.329. The number of aliphatic hydroxyl groups is 1. The van der Waals surface area contributed by atoms with Crippen LogP contribution in [0.2, 0.25) is 0 Å². The van der Waals surface area contributed by atoms with Gasteiger partial charge in [0.1, 0.15) is 12.2 Å². The molecule has 0 saturated heterocycles. The molecule has 0 aliphatic heterocycles. The fourth-order valence-electron chi connectivity index (χ4n) is 1.51. The number of aliphatic hydroxyl groups excluding tert-OH is 1. The Morgan fingerprint density at radius 3 is 2.80 bits per heavy atom. The molecule has 0 fully saturated rings. The lowest BCUT2D eigenvalue weighted by Crippen LogP contribution is -2.28. The molecule has 0 radical (unpaired) electrons. The molecule has 0 aliphatic rings. The zero-order valence-corrected chi connectivity index (χ0v) is 9.72. The SMILES string of the molecule is CCN(CCO)Cc1ncnn1C(C)C. The van der Waals surface area contributed by atoms with Crippen molar-refractivity contribution < 1.29 is 5.11 Å². The van der Waals surface area contributed by atoms with Crippen LogP contribution in [0.4, 0.5) is 0 Å². The molecule has 5 nitrogen and oxygen atoms in total. The Morgan fingerprint density at radius 1 is 1.53 bits per heavy atom. The van der Waals surface area contributed by atoms with Crippen molar-refractivity contribution in [2.75, 3.05) is 19.7 Å². The fourth-order valence-corrected chi connectivity index (χ4v) is 1.51. The minimum atomic E-state index is 0.184. The number of aromatic nitrogens is 3. The Morgan fingerprint density at radius 2 is 2.27 bits per heavy atom. The highest BCUT2D eigenvalue weighted by Gasteiger charge is 2.10. The van der Waals surface area contributed by atoms with E-state index in [1.54, 1.807) is 6.33 Å². The van der Waals surface area contributed by atoms with Gasteiger partial charge in [0.2, 0.25) is 0 Å². The average Bonchev–Trinajstić information content (AvgIpc) is 2.65. The van der Waals surface area contributed by atoms with Crippen molar-refractivity contribution in [3.63, 3.8) is 0 Å². The third-order valence-corrected chi connectivity index (χ3v) is 2.36. The summed E-state index contributed by atoms with van der Waals surface area (Å²) >= 11 is 0. The van der Waals surface area contributed by atoms with Crippen LogP contribution < -0.4 is 0 Å². The first kappa shape index (κ1) is 12.1. The molecule has 0 spiro atoms. The van der Waals surface area contributed by atoms with Gasteiger partial charge in [-0.2, -0.15) is 5.10 Å². The highest BCUT2D eigenvalue weighted by molar-refractivity contribution is 4.86. The molecule has 0 bridgehead atoms. The number of hydrogen-bond acceptors (Lipinski definition) is 4. The van der Waals surface area contributed by atoms with Crippen LogP contribution in [0.5, 0.6) is 0 Å². The van der Waals surface area contributed by atoms with Crippen molar-refractivity contribution >= 4 is 0 Å². The van der Waals surface area contributed by atoms with Crippen LogP contribution in [0, 0.1) is 0 Å². The van der Waals surface area contributed by atoms with Crippen molar-refractivity contribution in [2.45, 2.75) is 33.4 Å². The molecule has 1 N–H and O–H groups in total. The van der Waals surface area contributed by atoms with Crippen molar-refractivity contribution in [3.8, 4) is 0 Å². The van der Waals surface area contributed by atoms with Gasteiger partial charge in [0.25, 0.3) is 0 Å². The maximum absolute atomic E-state index is 8.89. The summed E-state index contributed by atoms with van der Waals surface area (Å²) in [5.41, 5.74) is 0. The second-order valence-electron chi connectivity index (χ2n) is 3.81. The summed E-state index contributed by atoms with van der Waals surface area (Å²) in [4.78, 5) is 6.38. The zero-order valence-electron chi connectivity index (χ0n) is 9.72. The van der Waals surface area contributed by atoms with Crippen LogP contribution >= 0.6 is 0 Å². The molecule has 1 rings (SSSR count). The monoisotopic (exact) mass is 212 g/mol. The van der Waals surface area contributed by atoms with Crippen LogP contribution in [0.15, 0.2) is 6.33 Å². The van der Waals surface area contributed by atoms with Crippen molar-refractivity contribution in [2.24, 2.45) is 0 Å². The number of nitrogens with zero attached hydrogens (tertiary/aromatic N) is 4. The van der Waals surface area contributed by atoms with Crippen molar-refractivity contribution in [1.29, 1.82) is 0 Å². The first-order chi connectivity index (χ1) is 7.19. The van der Waals surface area contributed by atoms with E-state index in [-0.39, 0.29) is 6.61 Å². The van der Waals surface area contributed by atoms with E-state index in [9.17, 15) is 0 Å². The van der Waals surface area contributed by atoms with Gasteiger partial charge in [-0.05, 0) is 20.4 Å². The molecule has 86 valence electrons. The fraction of sp³-hybridized carbons (Fsp3) is 0.800. The lowest BCUT2D eigenvalue weighted by molar-refractivity contribution is 0.191. The van der Waals surface area contributed by atoms with Gasteiger partial charge in [-0.15, -0.1) is 0 Å². The average molecular weight is 212 g/mol. The van der Waals surface area contributed by atoms with Gasteiger partial charge in [-0.1, -0.05) is 6.92 Å².